The highest BCUT2D eigenvalue weighted by Crippen LogP contribution is 2.25. The maximum Gasteiger partial charge on any atom is 0.232 e. The van der Waals surface area contributed by atoms with Gasteiger partial charge in [0.1, 0.15) is 0 Å². The molecule has 1 aromatic carbocycles. The molecule has 19 heavy (non-hydrogen) atoms. The van der Waals surface area contributed by atoms with Crippen molar-refractivity contribution in [3.63, 3.8) is 0 Å². The summed E-state index contributed by atoms with van der Waals surface area (Å²) in [7, 11) is -1.39. The number of hydrogen-bond acceptors (Lipinski definition) is 3. The summed E-state index contributed by atoms with van der Waals surface area (Å²) in [6.07, 6.45) is 5.66. The molecular weight excluding hydrogens is 260 g/mol. The van der Waals surface area contributed by atoms with Gasteiger partial charge in [0.05, 0.1) is 5.75 Å². The van der Waals surface area contributed by atoms with Crippen molar-refractivity contribution in [3.8, 4) is 0 Å². The predicted octanol–water partition coefficient (Wildman–Crippen LogP) is 3.05. The van der Waals surface area contributed by atoms with Gasteiger partial charge in [-0.1, -0.05) is 19.3 Å². The first kappa shape index (κ1) is 14.2. The molecule has 1 aliphatic rings. The average Bonchev–Trinajstić information content (AvgIpc) is 2.39. The molecule has 0 unspecified atom stereocenters. The summed E-state index contributed by atoms with van der Waals surface area (Å²) in [5.41, 5.74) is 1.60. The van der Waals surface area contributed by atoms with Gasteiger partial charge in [-0.3, -0.25) is 4.72 Å². The minimum Gasteiger partial charge on any atom is -0.388 e. The van der Waals surface area contributed by atoms with E-state index in [1.807, 2.05) is 19.2 Å². The van der Waals surface area contributed by atoms with Crippen molar-refractivity contribution in [1.29, 1.82) is 0 Å². The first-order valence-corrected chi connectivity index (χ1v) is 8.52. The minimum absolute atomic E-state index is 0.251. The largest absolute Gasteiger partial charge is 0.388 e. The lowest BCUT2D eigenvalue weighted by molar-refractivity contribution is 0.385. The molecule has 0 saturated heterocycles. The van der Waals surface area contributed by atoms with E-state index in [9.17, 15) is 8.42 Å². The summed E-state index contributed by atoms with van der Waals surface area (Å²) in [4.78, 5) is 0. The second kappa shape index (κ2) is 6.28. The number of nitrogens with one attached hydrogen (secondary N) is 2. The zero-order valence-electron chi connectivity index (χ0n) is 11.4. The van der Waals surface area contributed by atoms with Crippen LogP contribution in [0.25, 0.3) is 0 Å². The standard InChI is InChI=1S/C14H22N2O2S/c1-15-13-7-9-14(10-8-13)16-19(17,18)11-12-5-3-2-4-6-12/h7-10,12,15-16H,2-6,11H2,1H3. The van der Waals surface area contributed by atoms with Crippen molar-refractivity contribution in [2.75, 3.05) is 22.8 Å². The topological polar surface area (TPSA) is 58.2 Å². The van der Waals surface area contributed by atoms with Gasteiger partial charge in [-0.05, 0) is 43.0 Å². The zero-order chi connectivity index (χ0) is 13.7. The lowest BCUT2D eigenvalue weighted by atomic mass is 9.91. The number of anilines is 2. The molecular formula is C14H22N2O2S. The second-order valence-corrected chi connectivity index (χ2v) is 6.98. The van der Waals surface area contributed by atoms with Gasteiger partial charge in [-0.25, -0.2) is 8.42 Å². The van der Waals surface area contributed by atoms with Crippen molar-refractivity contribution in [3.05, 3.63) is 24.3 Å². The fourth-order valence-corrected chi connectivity index (χ4v) is 4.12. The van der Waals surface area contributed by atoms with Gasteiger partial charge in [0, 0.05) is 18.4 Å². The molecule has 0 aromatic heterocycles. The van der Waals surface area contributed by atoms with Crippen molar-refractivity contribution in [2.45, 2.75) is 32.1 Å². The van der Waals surface area contributed by atoms with Crippen LogP contribution in [0.4, 0.5) is 11.4 Å². The van der Waals surface area contributed by atoms with Crippen LogP contribution in [0.3, 0.4) is 0 Å². The van der Waals surface area contributed by atoms with Crippen molar-refractivity contribution >= 4 is 21.4 Å². The molecule has 0 atom stereocenters. The van der Waals surface area contributed by atoms with Crippen LogP contribution in [0.1, 0.15) is 32.1 Å². The SMILES string of the molecule is CNc1ccc(NS(=O)(=O)CC2CCCCC2)cc1. The Morgan fingerprint density at radius 1 is 1.05 bits per heavy atom. The van der Waals surface area contributed by atoms with E-state index in [1.165, 1.54) is 6.42 Å². The molecule has 2 N–H and O–H groups in total. The van der Waals surface area contributed by atoms with Crippen LogP contribution in [0.2, 0.25) is 0 Å². The molecule has 1 fully saturated rings. The molecule has 5 heteroatoms. The molecule has 0 spiro atoms. The molecule has 0 bridgehead atoms. The fraction of sp³-hybridized carbons (Fsp3) is 0.571. The quantitative estimate of drug-likeness (QED) is 0.872. The Morgan fingerprint density at radius 2 is 1.63 bits per heavy atom. The summed E-state index contributed by atoms with van der Waals surface area (Å²) in [5, 5.41) is 3.01. The number of rotatable bonds is 5. The van der Waals surface area contributed by atoms with Crippen molar-refractivity contribution in [2.24, 2.45) is 5.92 Å². The van der Waals surface area contributed by atoms with Gasteiger partial charge in [-0.2, -0.15) is 0 Å². The lowest BCUT2D eigenvalue weighted by Gasteiger charge is -2.21. The molecule has 2 rings (SSSR count). The molecule has 1 saturated carbocycles. The Hall–Kier alpha value is -1.23. The van der Waals surface area contributed by atoms with Crippen LogP contribution in [0, 0.1) is 5.92 Å². The highest BCUT2D eigenvalue weighted by molar-refractivity contribution is 7.92. The number of benzene rings is 1. The summed E-state index contributed by atoms with van der Waals surface area (Å²) in [6.45, 7) is 0. The fourth-order valence-electron chi connectivity index (χ4n) is 2.59. The molecule has 4 nitrogen and oxygen atoms in total. The number of hydrogen-bond donors (Lipinski definition) is 2. The lowest BCUT2D eigenvalue weighted by Crippen LogP contribution is -2.24. The van der Waals surface area contributed by atoms with Gasteiger partial charge in [0.25, 0.3) is 0 Å². The molecule has 0 amide bonds. The van der Waals surface area contributed by atoms with E-state index in [0.717, 1.165) is 31.4 Å². The number of sulfonamides is 1. The Morgan fingerprint density at radius 3 is 2.21 bits per heavy atom. The van der Waals surface area contributed by atoms with Crippen LogP contribution in [0.15, 0.2) is 24.3 Å². The average molecular weight is 282 g/mol. The van der Waals surface area contributed by atoms with Gasteiger partial charge >= 0.3 is 0 Å². The van der Waals surface area contributed by atoms with Crippen LogP contribution < -0.4 is 10.0 Å². The van der Waals surface area contributed by atoms with E-state index in [-0.39, 0.29) is 5.75 Å². The van der Waals surface area contributed by atoms with E-state index in [1.54, 1.807) is 12.1 Å². The maximum atomic E-state index is 12.1. The third kappa shape index (κ3) is 4.42. The summed E-state index contributed by atoms with van der Waals surface area (Å²) in [5.74, 6) is 0.573. The monoisotopic (exact) mass is 282 g/mol. The van der Waals surface area contributed by atoms with E-state index >= 15 is 0 Å². The van der Waals surface area contributed by atoms with E-state index in [2.05, 4.69) is 10.0 Å². The van der Waals surface area contributed by atoms with Crippen molar-refractivity contribution < 1.29 is 8.42 Å². The summed E-state index contributed by atoms with van der Waals surface area (Å²) in [6, 6.07) is 7.28. The first-order valence-electron chi connectivity index (χ1n) is 6.87. The van der Waals surface area contributed by atoms with Gasteiger partial charge < -0.3 is 5.32 Å². The van der Waals surface area contributed by atoms with Crippen LogP contribution >= 0.6 is 0 Å². The molecule has 1 aliphatic carbocycles. The Balaban J connectivity index is 1.95. The van der Waals surface area contributed by atoms with Gasteiger partial charge in [-0.15, -0.1) is 0 Å². The predicted molar refractivity (Wildman–Crippen MR) is 80.0 cm³/mol. The summed E-state index contributed by atoms with van der Waals surface area (Å²) >= 11 is 0. The van der Waals surface area contributed by atoms with E-state index in [4.69, 9.17) is 0 Å². The van der Waals surface area contributed by atoms with Gasteiger partial charge in [0.2, 0.25) is 10.0 Å². The minimum atomic E-state index is -3.22. The Kier molecular flexibility index (Phi) is 4.69. The smallest absolute Gasteiger partial charge is 0.232 e. The van der Waals surface area contributed by atoms with E-state index in [0.29, 0.717) is 11.6 Å². The highest BCUT2D eigenvalue weighted by atomic mass is 32.2. The molecule has 106 valence electrons. The second-order valence-electron chi connectivity index (χ2n) is 5.21. The van der Waals surface area contributed by atoms with Crippen LogP contribution in [0.5, 0.6) is 0 Å². The molecule has 0 heterocycles. The third-order valence-corrected chi connectivity index (χ3v) is 5.08. The summed E-state index contributed by atoms with van der Waals surface area (Å²) < 4.78 is 26.9. The Labute approximate surface area is 115 Å². The highest BCUT2D eigenvalue weighted by Gasteiger charge is 2.21. The first-order chi connectivity index (χ1) is 9.09. The van der Waals surface area contributed by atoms with Crippen molar-refractivity contribution in [1.82, 2.24) is 0 Å². The van der Waals surface area contributed by atoms with Gasteiger partial charge in [0.15, 0.2) is 0 Å². The third-order valence-electron chi connectivity index (χ3n) is 3.63. The normalized spacial score (nSPS) is 17.1. The van der Waals surface area contributed by atoms with E-state index < -0.39 is 10.0 Å². The molecule has 0 aliphatic heterocycles. The van der Waals surface area contributed by atoms with Crippen LogP contribution in [-0.4, -0.2) is 21.2 Å². The Bertz CT molecular complexity index is 491. The maximum absolute atomic E-state index is 12.1. The van der Waals surface area contributed by atoms with Crippen LogP contribution in [-0.2, 0) is 10.0 Å². The zero-order valence-corrected chi connectivity index (χ0v) is 12.2. The molecule has 1 aromatic rings. The molecule has 0 radical (unpaired) electrons.